The van der Waals surface area contributed by atoms with Gasteiger partial charge in [0.15, 0.2) is 7.14 Å². The monoisotopic (exact) mass is 644 g/mol. The molecule has 0 fully saturated rings. The van der Waals surface area contributed by atoms with Crippen molar-refractivity contribution < 1.29 is 9.30 Å². The third kappa shape index (κ3) is 4.31. The van der Waals surface area contributed by atoms with Crippen molar-refractivity contribution in [2.45, 2.75) is 0 Å². The zero-order chi connectivity index (χ0) is 32.5. The highest BCUT2D eigenvalue weighted by atomic mass is 31.2. The van der Waals surface area contributed by atoms with Gasteiger partial charge in [-0.25, -0.2) is 0 Å². The average molecular weight is 645 g/mol. The third-order valence-electron chi connectivity index (χ3n) is 10.1. The highest BCUT2D eigenvalue weighted by Gasteiger charge is 2.39. The van der Waals surface area contributed by atoms with Gasteiger partial charge in [0, 0.05) is 5.30 Å². The van der Waals surface area contributed by atoms with Crippen LogP contribution in [0.1, 0.15) is 0 Å². The molecule has 0 N–H and O–H groups in total. The Morgan fingerprint density at radius 3 is 1.65 bits per heavy atom. The van der Waals surface area contributed by atoms with E-state index in [1.807, 2.05) is 48.5 Å². The molecule has 1 atom stereocenters. The van der Waals surface area contributed by atoms with Gasteiger partial charge in [-0.2, -0.15) is 0 Å². The molecule has 9 aromatic rings. The Hall–Kier alpha value is -5.95. The zero-order valence-corrected chi connectivity index (χ0v) is 27.4. The lowest BCUT2D eigenvalue weighted by atomic mass is 9.91. The number of para-hydroxylation sites is 1. The van der Waals surface area contributed by atoms with Gasteiger partial charge in [-0.3, -0.25) is 0 Å². The Kier molecular flexibility index (Phi) is 6.19. The number of fused-ring (bicyclic) bond motifs is 9. The van der Waals surface area contributed by atoms with Gasteiger partial charge in [0.1, 0.15) is 11.5 Å². The Labute approximate surface area is 284 Å². The summed E-state index contributed by atoms with van der Waals surface area (Å²) in [5.74, 6) is 1.29. The van der Waals surface area contributed by atoms with Gasteiger partial charge in [-0.15, -0.1) is 0 Å². The molecule has 0 bridgehead atoms. The number of benzene rings is 9. The Morgan fingerprint density at radius 1 is 0.347 bits per heavy atom. The lowest BCUT2D eigenvalue weighted by Gasteiger charge is -2.29. The van der Waals surface area contributed by atoms with E-state index in [1.54, 1.807) is 0 Å². The minimum absolute atomic E-state index is 0.641. The van der Waals surface area contributed by atoms with E-state index in [-0.39, 0.29) is 0 Å². The molecule has 0 spiro atoms. The number of hydrogen-bond donors (Lipinski definition) is 0. The van der Waals surface area contributed by atoms with Crippen molar-refractivity contribution in [1.82, 2.24) is 0 Å². The summed E-state index contributed by atoms with van der Waals surface area (Å²) in [5, 5.41) is 12.1. The maximum atomic E-state index is 15.4. The molecule has 9 aromatic carbocycles. The molecular formula is C46H29O2P. The predicted molar refractivity (Wildman–Crippen MR) is 207 cm³/mol. The lowest BCUT2D eigenvalue weighted by molar-refractivity contribution is 0.485. The summed E-state index contributed by atoms with van der Waals surface area (Å²) < 4.78 is 21.9. The fourth-order valence-electron chi connectivity index (χ4n) is 7.70. The van der Waals surface area contributed by atoms with Crippen molar-refractivity contribution in [3.63, 3.8) is 0 Å². The van der Waals surface area contributed by atoms with Crippen molar-refractivity contribution in [3.8, 4) is 33.8 Å². The van der Waals surface area contributed by atoms with Crippen LogP contribution < -0.4 is 20.7 Å². The summed E-state index contributed by atoms with van der Waals surface area (Å²) in [7, 11) is -3.21. The van der Waals surface area contributed by atoms with Gasteiger partial charge in [0.25, 0.3) is 0 Å². The molecule has 1 heterocycles. The minimum atomic E-state index is -3.21. The molecule has 0 aromatic heterocycles. The number of rotatable bonds is 3. The third-order valence-corrected chi connectivity index (χ3v) is 13.2. The van der Waals surface area contributed by atoms with E-state index in [4.69, 9.17) is 4.74 Å². The summed E-state index contributed by atoms with van der Waals surface area (Å²) in [6.07, 6.45) is 0. The SMILES string of the molecule is O=P1(c2ccc3ccccc3c2)c2ccccc2Oc2cc(-c3cccc(-c4ccc5c6ccccc6c6ccccc6c5c4)c3)ccc21. The largest absolute Gasteiger partial charge is 0.456 e. The molecule has 10 rings (SSSR count). The highest BCUT2D eigenvalue weighted by molar-refractivity contribution is 7.85. The number of ether oxygens (including phenoxy) is 1. The normalized spacial score (nSPS) is 15.3. The second-order valence-corrected chi connectivity index (χ2v) is 15.5. The molecule has 1 aliphatic rings. The predicted octanol–water partition coefficient (Wildman–Crippen LogP) is 11.4. The van der Waals surface area contributed by atoms with E-state index < -0.39 is 7.14 Å². The molecule has 0 aliphatic carbocycles. The molecule has 0 amide bonds. The summed E-state index contributed by atoms with van der Waals surface area (Å²) in [5.41, 5.74) is 4.40. The van der Waals surface area contributed by atoms with Crippen LogP contribution in [0, 0.1) is 0 Å². The first-order valence-corrected chi connectivity index (χ1v) is 18.3. The molecule has 49 heavy (non-hydrogen) atoms. The smallest absolute Gasteiger partial charge is 0.178 e. The Balaban J connectivity index is 1.09. The van der Waals surface area contributed by atoms with E-state index in [9.17, 15) is 0 Å². The van der Waals surface area contributed by atoms with Gasteiger partial charge in [0.2, 0.25) is 0 Å². The van der Waals surface area contributed by atoms with E-state index >= 15 is 4.57 Å². The van der Waals surface area contributed by atoms with Crippen LogP contribution in [0.15, 0.2) is 176 Å². The summed E-state index contributed by atoms with van der Waals surface area (Å²) in [4.78, 5) is 0. The molecule has 230 valence electrons. The van der Waals surface area contributed by atoms with Crippen molar-refractivity contribution >= 4 is 66.1 Å². The first-order valence-electron chi connectivity index (χ1n) is 16.6. The Morgan fingerprint density at radius 2 is 0.898 bits per heavy atom. The molecule has 1 unspecified atom stereocenters. The van der Waals surface area contributed by atoms with Gasteiger partial charge in [-0.1, -0.05) is 133 Å². The summed E-state index contributed by atoms with van der Waals surface area (Å²) >= 11 is 0. The first-order chi connectivity index (χ1) is 24.1. The summed E-state index contributed by atoms with van der Waals surface area (Å²) in [6, 6.07) is 61.2. The standard InChI is InChI=1S/C46H29O2P/c47-49(36-23-20-30-10-1-2-11-33(30)27-36)45-19-8-7-18-43(45)48-44-29-35(22-25-46(44)49)32-13-9-12-31(26-32)34-21-24-41-39-16-4-3-14-37(39)38-15-5-6-17-40(38)42(41)28-34/h1-29H. The van der Waals surface area contributed by atoms with Crippen molar-refractivity contribution in [2.75, 3.05) is 0 Å². The van der Waals surface area contributed by atoms with Crippen LogP contribution in [0.2, 0.25) is 0 Å². The fraction of sp³-hybridized carbons (Fsp3) is 0. The van der Waals surface area contributed by atoms with E-state index in [2.05, 4.69) is 127 Å². The van der Waals surface area contributed by atoms with Gasteiger partial charge in [0.05, 0.1) is 10.6 Å². The zero-order valence-electron chi connectivity index (χ0n) is 26.5. The lowest BCUT2D eigenvalue weighted by Crippen LogP contribution is -2.30. The van der Waals surface area contributed by atoms with Crippen molar-refractivity contribution in [2.24, 2.45) is 0 Å². The van der Waals surface area contributed by atoms with E-state index in [0.29, 0.717) is 11.5 Å². The van der Waals surface area contributed by atoms with Crippen LogP contribution in [0.5, 0.6) is 11.5 Å². The quantitative estimate of drug-likeness (QED) is 0.141. The van der Waals surface area contributed by atoms with Crippen molar-refractivity contribution in [1.29, 1.82) is 0 Å². The van der Waals surface area contributed by atoms with Crippen LogP contribution in [0.25, 0.3) is 65.3 Å². The Bertz CT molecular complexity index is 2810. The number of hydrogen-bond acceptors (Lipinski definition) is 2. The molecule has 0 radical (unpaired) electrons. The van der Waals surface area contributed by atoms with Crippen LogP contribution in [0.4, 0.5) is 0 Å². The maximum Gasteiger partial charge on any atom is 0.178 e. The molecular weight excluding hydrogens is 615 g/mol. The molecule has 3 heteroatoms. The fourth-order valence-corrected chi connectivity index (χ4v) is 10.6. The molecule has 0 saturated carbocycles. The molecule has 2 nitrogen and oxygen atoms in total. The van der Waals surface area contributed by atoms with Crippen LogP contribution in [0.3, 0.4) is 0 Å². The van der Waals surface area contributed by atoms with Crippen LogP contribution >= 0.6 is 7.14 Å². The van der Waals surface area contributed by atoms with Crippen LogP contribution in [-0.2, 0) is 4.57 Å². The van der Waals surface area contributed by atoms with Gasteiger partial charge < -0.3 is 9.30 Å². The first kappa shape index (κ1) is 28.1. The highest BCUT2D eigenvalue weighted by Crippen LogP contribution is 2.52. The molecule has 1 aliphatic heterocycles. The van der Waals surface area contributed by atoms with Crippen molar-refractivity contribution in [3.05, 3.63) is 176 Å². The second kappa shape index (κ2) is 10.8. The summed E-state index contributed by atoms with van der Waals surface area (Å²) in [6.45, 7) is 0. The van der Waals surface area contributed by atoms with Crippen LogP contribution in [-0.4, -0.2) is 0 Å². The molecule has 0 saturated heterocycles. The van der Waals surface area contributed by atoms with Gasteiger partial charge in [-0.05, 0) is 108 Å². The van der Waals surface area contributed by atoms with Gasteiger partial charge >= 0.3 is 0 Å². The second-order valence-electron chi connectivity index (χ2n) is 12.8. The van der Waals surface area contributed by atoms with E-state index in [1.165, 1.54) is 37.9 Å². The van der Waals surface area contributed by atoms with E-state index in [0.717, 1.165) is 43.4 Å². The maximum absolute atomic E-state index is 15.4. The topological polar surface area (TPSA) is 26.3 Å². The average Bonchev–Trinajstić information content (AvgIpc) is 3.17. The minimum Gasteiger partial charge on any atom is -0.456 e.